The normalized spacial score (nSPS) is 14.8. The third-order valence-corrected chi connectivity index (χ3v) is 23.5. The van der Waals surface area contributed by atoms with Crippen LogP contribution in [0.3, 0.4) is 0 Å². The van der Waals surface area contributed by atoms with Crippen LogP contribution >= 0.6 is 70.1 Å². The largest absolute Gasteiger partial charge is 0.479 e. The topological polar surface area (TPSA) is 352 Å². The number of anilines is 5. The summed E-state index contributed by atoms with van der Waals surface area (Å²) in [5.41, 5.74) is 10.7. The smallest absolute Gasteiger partial charge is 0.263 e. The number of piperidine rings is 1. The van der Waals surface area contributed by atoms with Crippen molar-refractivity contribution in [1.82, 2.24) is 39.2 Å². The SMILES string of the molecule is CC(C)Cc1ccc(C(C)C(=O)N2CCN(c3ccc(S)cc3)CC2)cc1.C[C@H](Oc1cccc(Cl)c1Cl)C(=O)N1CCC(O)(c2ccc(S(=O)(=O)Nc3nccs3)cc2)CC1.Cc1cc2cc(Cl)ccc2n1CC(=O)N1CCN(c2ccc(S(=O)(=O)Nc3nccs3)cc2)C(=O)C1.Nc1ccncn1.O.O.[HH].[HH].[HH].[HH]. The number of thiazole rings is 2. The van der Waals surface area contributed by atoms with Crippen LogP contribution in [-0.4, -0.2) is 161 Å². The number of aryl methyl sites for hydroxylation is 1. The predicted molar refractivity (Wildman–Crippen MR) is 434 cm³/mol. The van der Waals surface area contributed by atoms with E-state index in [0.29, 0.717) is 77.8 Å². The second-order valence-corrected chi connectivity index (χ2v) is 32.4. The average molecular weight is 1620 g/mol. The van der Waals surface area contributed by atoms with E-state index in [2.05, 4.69) is 97.2 Å². The zero-order valence-electron chi connectivity index (χ0n) is 59.1. The average Bonchev–Trinajstić information content (AvgIpc) is 1.73. The lowest BCUT2D eigenvalue weighted by molar-refractivity contribution is -0.142. The minimum atomic E-state index is -3.78. The number of aromatic nitrogens is 5. The van der Waals surface area contributed by atoms with Crippen molar-refractivity contribution in [2.75, 3.05) is 83.9 Å². The first-order valence-corrected chi connectivity index (χ1v) is 39.9. The standard InChI is InChI=1S/C24H22ClN5O4S2.C23H23Cl2N3O5S2.C23H30N2OS.C4H5N3.2H2O.4H2/c1-16-12-17-13-18(25)2-7-21(17)30(16)15-22(31)28-9-10-29(23(32)14-28)19-3-5-20(6-4-19)36(33,34)27-24-26-8-11-35-24;1-15(33-19-4-2-3-18(24)20(19)25)21(29)28-12-9-23(30,10-13-28)16-5-7-17(8-6-16)35(31,32)27-22-26-11-14-34-22;1-17(2)16-19-4-6-20(7-5-19)18(3)23(26)25-14-12-24(13-15-25)21-8-10-22(27)11-9-21;5-4-1-2-6-3-7-4;;;;;;/h2-8,11-13H,9-10,14-15H2,1H3,(H,26,27);2-8,11,14-15,30H,9-10,12-13H2,1H3,(H,26,27);4-11,17-18,27H,12-16H2,1-3H3;1-3H,(H2,5,6,7);2*1H2;4*1H/t;15-;;;;;;;;/m.0......../s1. The Kier molecular flexibility index (Phi) is 29.5. The number of sulfonamides is 2. The van der Waals surface area contributed by atoms with Crippen molar-refractivity contribution in [3.05, 3.63) is 219 Å². The van der Waals surface area contributed by atoms with Crippen molar-refractivity contribution in [2.24, 2.45) is 5.92 Å². The molecule has 0 bridgehead atoms. The molecule has 576 valence electrons. The number of piperazine rings is 2. The first-order valence-electron chi connectivity index (χ1n) is 33.6. The van der Waals surface area contributed by atoms with E-state index in [1.54, 1.807) is 93.2 Å². The molecule has 25 nitrogen and oxygen atoms in total. The third-order valence-electron chi connectivity index (χ3n) is 17.8. The van der Waals surface area contributed by atoms with Gasteiger partial charge in [-0.3, -0.25) is 28.6 Å². The van der Waals surface area contributed by atoms with Crippen molar-refractivity contribution < 1.29 is 62.5 Å². The Morgan fingerprint density at radius 3 is 1.80 bits per heavy atom. The molecular formula is C74H92Cl3N13O12S5. The Morgan fingerprint density at radius 1 is 0.682 bits per heavy atom. The highest BCUT2D eigenvalue weighted by atomic mass is 35.5. The molecule has 1 unspecified atom stereocenters. The van der Waals surface area contributed by atoms with E-state index >= 15 is 0 Å². The summed E-state index contributed by atoms with van der Waals surface area (Å²) >= 11 is 24.9. The third kappa shape index (κ3) is 22.1. The Bertz CT molecular complexity index is 4850. The van der Waals surface area contributed by atoms with E-state index in [1.807, 2.05) is 53.6 Å². The number of carbonyl (C=O) groups is 4. The molecule has 10 aromatic rings. The summed E-state index contributed by atoms with van der Waals surface area (Å²) in [6.07, 6.45) is 6.93. The van der Waals surface area contributed by atoms with Crippen LogP contribution in [0.1, 0.15) is 74.5 Å². The summed E-state index contributed by atoms with van der Waals surface area (Å²) in [6.45, 7) is 14.8. The fourth-order valence-corrected chi connectivity index (χ4v) is 16.3. The number of hydrogen-bond donors (Lipinski definition) is 5. The number of rotatable bonds is 18. The van der Waals surface area contributed by atoms with Crippen LogP contribution in [0.25, 0.3) is 10.9 Å². The highest BCUT2D eigenvalue weighted by Gasteiger charge is 2.38. The van der Waals surface area contributed by atoms with Crippen LogP contribution in [0.2, 0.25) is 15.1 Å². The molecule has 0 saturated carbocycles. The number of nitrogens with two attached hydrogens (primary N) is 1. The monoisotopic (exact) mass is 1620 g/mol. The van der Waals surface area contributed by atoms with Crippen molar-refractivity contribution in [1.29, 1.82) is 0 Å². The Morgan fingerprint density at radius 2 is 1.26 bits per heavy atom. The molecule has 3 aliphatic rings. The zero-order valence-corrected chi connectivity index (χ0v) is 65.6. The molecule has 7 heterocycles. The lowest BCUT2D eigenvalue weighted by atomic mass is 9.84. The summed E-state index contributed by atoms with van der Waals surface area (Å²) in [5, 5.41) is 17.3. The molecule has 33 heteroatoms. The molecule has 6 aromatic carbocycles. The minimum absolute atomic E-state index is 0. The number of halogens is 3. The maximum atomic E-state index is 13.0. The van der Waals surface area contributed by atoms with E-state index in [0.717, 1.165) is 59.7 Å². The number of nitrogens with one attached hydrogen (secondary N) is 2. The van der Waals surface area contributed by atoms with Crippen molar-refractivity contribution in [3.63, 3.8) is 0 Å². The van der Waals surface area contributed by atoms with Crippen LogP contribution in [0.15, 0.2) is 196 Å². The van der Waals surface area contributed by atoms with Gasteiger partial charge in [-0.2, -0.15) is 0 Å². The highest BCUT2D eigenvalue weighted by molar-refractivity contribution is 7.93. The van der Waals surface area contributed by atoms with Crippen LogP contribution in [0.4, 0.5) is 27.5 Å². The van der Waals surface area contributed by atoms with Crippen LogP contribution in [0, 0.1) is 12.8 Å². The summed E-state index contributed by atoms with van der Waals surface area (Å²) in [4.78, 5) is 77.1. The molecule has 13 rings (SSSR count). The first-order chi connectivity index (χ1) is 50.1. The van der Waals surface area contributed by atoms with Gasteiger partial charge in [0.1, 0.15) is 36.0 Å². The highest BCUT2D eigenvalue weighted by Crippen LogP contribution is 2.36. The molecule has 0 spiro atoms. The van der Waals surface area contributed by atoms with Gasteiger partial charge in [-0.15, -0.1) is 35.3 Å². The first kappa shape index (κ1) is 83.7. The predicted octanol–water partition coefficient (Wildman–Crippen LogP) is 12.3. The number of ether oxygens (including phenoxy) is 1. The quantitative estimate of drug-likeness (QED) is 0.0498. The Balaban J connectivity index is 0.000000330. The second kappa shape index (κ2) is 37.7. The van der Waals surface area contributed by atoms with Crippen molar-refractivity contribution in [2.45, 2.75) is 92.7 Å². The fourth-order valence-electron chi connectivity index (χ4n) is 12.1. The summed E-state index contributed by atoms with van der Waals surface area (Å²) in [6, 6.07) is 43.1. The van der Waals surface area contributed by atoms with Gasteiger partial charge in [0.25, 0.3) is 26.0 Å². The number of amides is 4. The van der Waals surface area contributed by atoms with Gasteiger partial charge in [0.15, 0.2) is 16.4 Å². The summed E-state index contributed by atoms with van der Waals surface area (Å²) in [5.74, 6) is 1.03. The molecule has 4 amide bonds. The summed E-state index contributed by atoms with van der Waals surface area (Å²) in [7, 11) is -7.56. The Labute approximate surface area is 656 Å². The fraction of sp³-hybridized carbons (Fsp3) is 0.297. The molecule has 3 fully saturated rings. The van der Waals surface area contributed by atoms with E-state index in [1.165, 1.54) is 76.9 Å². The number of hydrogen-bond acceptors (Lipinski definition) is 19. The molecule has 3 aliphatic heterocycles. The van der Waals surface area contributed by atoms with E-state index < -0.39 is 31.8 Å². The molecule has 0 aliphatic carbocycles. The molecule has 4 aromatic heterocycles. The molecule has 3 saturated heterocycles. The number of likely N-dealkylation sites (tertiary alicyclic amines) is 1. The molecule has 0 radical (unpaired) electrons. The van der Waals surface area contributed by atoms with Gasteiger partial charge in [0, 0.05) is 125 Å². The van der Waals surface area contributed by atoms with Crippen LogP contribution in [0.5, 0.6) is 5.75 Å². The van der Waals surface area contributed by atoms with Gasteiger partial charge in [0.2, 0.25) is 17.7 Å². The van der Waals surface area contributed by atoms with Gasteiger partial charge in [0.05, 0.1) is 26.3 Å². The van der Waals surface area contributed by atoms with E-state index in [9.17, 15) is 41.1 Å². The maximum absolute atomic E-state index is 13.0. The van der Waals surface area contributed by atoms with Crippen LogP contribution in [-0.2, 0) is 57.8 Å². The maximum Gasteiger partial charge on any atom is 0.263 e. The van der Waals surface area contributed by atoms with Crippen molar-refractivity contribution in [3.8, 4) is 5.75 Å². The number of benzene rings is 6. The van der Waals surface area contributed by atoms with Gasteiger partial charge in [-0.1, -0.05) is 91.1 Å². The number of nitrogens with zero attached hydrogens (tertiary/aromatic N) is 10. The summed E-state index contributed by atoms with van der Waals surface area (Å²) < 4.78 is 62.7. The molecule has 9 N–H and O–H groups in total. The zero-order chi connectivity index (χ0) is 75.2. The number of aliphatic hydroxyl groups is 1. The molecule has 107 heavy (non-hydrogen) atoms. The van der Waals surface area contributed by atoms with Crippen LogP contribution < -0.4 is 29.7 Å². The van der Waals surface area contributed by atoms with E-state index in [-0.39, 0.29) is 84.4 Å². The number of nitrogen functional groups attached to an aromatic ring is 1. The lowest BCUT2D eigenvalue weighted by Gasteiger charge is -2.39. The number of fused-ring (bicyclic) bond motifs is 1. The second-order valence-electron chi connectivity index (χ2n) is 25.5. The van der Waals surface area contributed by atoms with Crippen molar-refractivity contribution >= 4 is 152 Å². The lowest BCUT2D eigenvalue weighted by Crippen LogP contribution is -2.53. The molecule has 2 atom stereocenters. The molecular weight excluding hydrogens is 1530 g/mol. The van der Waals surface area contributed by atoms with Gasteiger partial charge >= 0.3 is 0 Å². The Hall–Kier alpha value is -8.92. The minimum Gasteiger partial charge on any atom is -0.479 e. The van der Waals surface area contributed by atoms with Gasteiger partial charge in [-0.25, -0.2) is 36.8 Å². The number of thiol groups is 1. The van der Waals surface area contributed by atoms with Gasteiger partial charge in [-0.05, 0) is 166 Å². The number of carbonyl (C=O) groups excluding carboxylic acids is 4. The van der Waals surface area contributed by atoms with Gasteiger partial charge < -0.3 is 55.6 Å². The van der Waals surface area contributed by atoms with E-state index in [4.69, 9.17) is 45.3 Å².